The van der Waals surface area contributed by atoms with Gasteiger partial charge in [-0.25, -0.2) is 0 Å². The van der Waals surface area contributed by atoms with Gasteiger partial charge in [0, 0.05) is 0 Å². The third kappa shape index (κ3) is 1.78. The van der Waals surface area contributed by atoms with Gasteiger partial charge in [-0.15, -0.1) is 0 Å². The predicted molar refractivity (Wildman–Crippen MR) is 59.7 cm³/mol. The molecule has 2 unspecified atom stereocenters. The lowest BCUT2D eigenvalue weighted by Crippen LogP contribution is -2.51. The van der Waals surface area contributed by atoms with Crippen molar-refractivity contribution in [2.45, 2.75) is 54.4 Å². The molecule has 0 amide bonds. The van der Waals surface area contributed by atoms with Gasteiger partial charge in [0.2, 0.25) is 0 Å². The first kappa shape index (κ1) is 11.1. The van der Waals surface area contributed by atoms with Crippen molar-refractivity contribution in [1.29, 1.82) is 0 Å². The van der Waals surface area contributed by atoms with Crippen molar-refractivity contribution in [1.82, 2.24) is 0 Å². The van der Waals surface area contributed by atoms with Crippen molar-refractivity contribution in [2.75, 3.05) is 0 Å². The third-order valence-corrected chi connectivity index (χ3v) is 4.92. The Kier molecular flexibility index (Phi) is 3.09. The van der Waals surface area contributed by atoms with E-state index < -0.39 is 0 Å². The molecule has 78 valence electrons. The molecule has 1 aliphatic carbocycles. The molecule has 0 heterocycles. The molecule has 0 aliphatic heterocycles. The van der Waals surface area contributed by atoms with Crippen LogP contribution in [-0.2, 0) is 0 Å². The van der Waals surface area contributed by atoms with Crippen molar-refractivity contribution in [3.8, 4) is 0 Å². The van der Waals surface area contributed by atoms with Gasteiger partial charge in [0.25, 0.3) is 0 Å². The molecular formula is C13H26. The van der Waals surface area contributed by atoms with E-state index in [9.17, 15) is 0 Å². The lowest BCUT2D eigenvalue weighted by molar-refractivity contribution is -0.0894. The molecular weight excluding hydrogens is 156 g/mol. The Bertz CT molecular complexity index is 159. The van der Waals surface area contributed by atoms with Gasteiger partial charge < -0.3 is 0 Å². The van der Waals surface area contributed by atoms with Gasteiger partial charge in [0.15, 0.2) is 0 Å². The fourth-order valence-corrected chi connectivity index (χ4v) is 2.99. The molecule has 0 aromatic heterocycles. The molecule has 0 heteroatoms. The summed E-state index contributed by atoms with van der Waals surface area (Å²) in [6, 6.07) is 0. The van der Waals surface area contributed by atoms with Crippen molar-refractivity contribution in [3.05, 3.63) is 0 Å². The highest BCUT2D eigenvalue weighted by atomic mass is 14.6. The van der Waals surface area contributed by atoms with E-state index in [-0.39, 0.29) is 0 Å². The van der Waals surface area contributed by atoms with Crippen LogP contribution in [0.5, 0.6) is 0 Å². The van der Waals surface area contributed by atoms with Crippen molar-refractivity contribution in [2.24, 2.45) is 29.1 Å². The van der Waals surface area contributed by atoms with Crippen LogP contribution in [0.4, 0.5) is 0 Å². The molecule has 0 saturated heterocycles. The van der Waals surface area contributed by atoms with Crippen molar-refractivity contribution in [3.63, 3.8) is 0 Å². The molecule has 0 spiro atoms. The molecule has 0 N–H and O–H groups in total. The van der Waals surface area contributed by atoms with Crippen LogP contribution in [0.1, 0.15) is 54.4 Å². The summed E-state index contributed by atoms with van der Waals surface area (Å²) in [5.74, 6) is 3.67. The summed E-state index contributed by atoms with van der Waals surface area (Å²) in [7, 11) is 0. The van der Waals surface area contributed by atoms with Gasteiger partial charge >= 0.3 is 0 Å². The summed E-state index contributed by atoms with van der Waals surface area (Å²) in [6.07, 6.45) is 2.83. The van der Waals surface area contributed by atoms with Gasteiger partial charge in [-0.05, 0) is 35.5 Å². The van der Waals surface area contributed by atoms with Crippen LogP contribution >= 0.6 is 0 Å². The van der Waals surface area contributed by atoms with Crippen LogP contribution in [0.25, 0.3) is 0 Å². The van der Waals surface area contributed by atoms with Gasteiger partial charge in [-0.1, -0.05) is 48.0 Å². The van der Waals surface area contributed by atoms with E-state index in [2.05, 4.69) is 41.5 Å². The zero-order valence-corrected chi connectivity index (χ0v) is 10.2. The Morgan fingerprint density at radius 2 is 1.54 bits per heavy atom. The van der Waals surface area contributed by atoms with E-state index >= 15 is 0 Å². The maximum absolute atomic E-state index is 2.49. The second-order valence-corrected chi connectivity index (χ2v) is 5.87. The van der Waals surface area contributed by atoms with E-state index in [0.717, 1.165) is 23.7 Å². The van der Waals surface area contributed by atoms with Gasteiger partial charge in [0.05, 0.1) is 0 Å². The first-order valence-corrected chi connectivity index (χ1v) is 5.89. The van der Waals surface area contributed by atoms with E-state index in [0.29, 0.717) is 5.41 Å². The summed E-state index contributed by atoms with van der Waals surface area (Å²) in [5.41, 5.74) is 0.643. The van der Waals surface area contributed by atoms with Crippen molar-refractivity contribution >= 4 is 0 Å². The first-order chi connectivity index (χ1) is 5.89. The minimum absolute atomic E-state index is 0.643. The average Bonchev–Trinajstić information content (AvgIpc) is 2.11. The summed E-state index contributed by atoms with van der Waals surface area (Å²) in [5, 5.41) is 0. The Morgan fingerprint density at radius 1 is 1.08 bits per heavy atom. The van der Waals surface area contributed by atoms with Crippen LogP contribution in [0, 0.1) is 29.1 Å². The highest BCUT2D eigenvalue weighted by Crippen LogP contribution is 2.57. The molecule has 1 aliphatic rings. The second-order valence-electron chi connectivity index (χ2n) is 5.87. The topological polar surface area (TPSA) is 0 Å². The zero-order valence-electron chi connectivity index (χ0n) is 10.2. The monoisotopic (exact) mass is 182 g/mol. The average molecular weight is 182 g/mol. The quantitative estimate of drug-likeness (QED) is 0.608. The second kappa shape index (κ2) is 3.63. The van der Waals surface area contributed by atoms with Crippen LogP contribution in [0.15, 0.2) is 0 Å². The number of hydrogen-bond donors (Lipinski definition) is 0. The first-order valence-electron chi connectivity index (χ1n) is 5.89. The Morgan fingerprint density at radius 3 is 1.92 bits per heavy atom. The highest BCUT2D eigenvalue weighted by Gasteiger charge is 2.51. The van der Waals surface area contributed by atoms with Gasteiger partial charge in [0.1, 0.15) is 0 Å². The molecule has 1 saturated carbocycles. The molecule has 1 fully saturated rings. The smallest absolute Gasteiger partial charge is 0.0269 e. The molecule has 0 bridgehead atoms. The van der Waals surface area contributed by atoms with Crippen LogP contribution in [-0.4, -0.2) is 0 Å². The minimum atomic E-state index is 0.643. The maximum atomic E-state index is 2.49. The summed E-state index contributed by atoms with van der Waals surface area (Å²) in [6.45, 7) is 14.4. The van der Waals surface area contributed by atoms with E-state index in [1.165, 1.54) is 12.8 Å². The zero-order chi connectivity index (χ0) is 10.2. The molecule has 0 aromatic carbocycles. The van der Waals surface area contributed by atoms with Crippen molar-refractivity contribution < 1.29 is 0 Å². The number of rotatable bonds is 3. The molecule has 13 heavy (non-hydrogen) atoms. The normalized spacial score (nSPS) is 45.0. The standard InChI is InChI=1S/C13H26/c1-9(2)7-8-13(6)11(4)10(3)12(13)5/h9-12H,7-8H2,1-6H3. The molecule has 2 atom stereocenters. The van der Waals surface area contributed by atoms with Crippen LogP contribution < -0.4 is 0 Å². The molecule has 0 nitrogen and oxygen atoms in total. The molecule has 0 aromatic rings. The highest BCUT2D eigenvalue weighted by molar-refractivity contribution is 4.99. The van der Waals surface area contributed by atoms with Crippen LogP contribution in [0.2, 0.25) is 0 Å². The fourth-order valence-electron chi connectivity index (χ4n) is 2.99. The number of hydrogen-bond acceptors (Lipinski definition) is 0. The summed E-state index contributed by atoms with van der Waals surface area (Å²) < 4.78 is 0. The largest absolute Gasteiger partial charge is 0.0628 e. The van der Waals surface area contributed by atoms with E-state index in [1.54, 1.807) is 0 Å². The predicted octanol–water partition coefficient (Wildman–Crippen LogP) is 4.35. The lowest BCUT2D eigenvalue weighted by Gasteiger charge is -2.57. The van der Waals surface area contributed by atoms with Gasteiger partial charge in [-0.3, -0.25) is 0 Å². The Hall–Kier alpha value is 0. The summed E-state index contributed by atoms with van der Waals surface area (Å²) in [4.78, 5) is 0. The minimum Gasteiger partial charge on any atom is -0.0628 e. The molecule has 1 rings (SSSR count). The maximum Gasteiger partial charge on any atom is -0.0269 e. The van der Waals surface area contributed by atoms with E-state index in [4.69, 9.17) is 0 Å². The van der Waals surface area contributed by atoms with Crippen LogP contribution in [0.3, 0.4) is 0 Å². The molecule has 0 radical (unpaired) electrons. The van der Waals surface area contributed by atoms with E-state index in [1.807, 2.05) is 0 Å². The lowest BCUT2D eigenvalue weighted by atomic mass is 9.47. The SMILES string of the molecule is CC(C)CCC1(C)C(C)C(C)C1C. The third-order valence-electron chi connectivity index (χ3n) is 4.92. The fraction of sp³-hybridized carbons (Fsp3) is 1.00. The Balaban J connectivity index is 2.47. The van der Waals surface area contributed by atoms with Gasteiger partial charge in [-0.2, -0.15) is 0 Å². The summed E-state index contributed by atoms with van der Waals surface area (Å²) >= 11 is 0. The Labute approximate surface area is 84.1 Å².